The van der Waals surface area contributed by atoms with E-state index in [1.165, 1.54) is 0 Å². The summed E-state index contributed by atoms with van der Waals surface area (Å²) in [5.74, 6) is 0.746. The molecule has 1 amide bonds. The number of ether oxygens (including phenoxy) is 1. The summed E-state index contributed by atoms with van der Waals surface area (Å²) in [6, 6.07) is 7.70. The fourth-order valence-electron chi connectivity index (χ4n) is 2.89. The van der Waals surface area contributed by atoms with Gasteiger partial charge >= 0.3 is 0 Å². The van der Waals surface area contributed by atoms with E-state index in [4.69, 9.17) is 4.74 Å². The summed E-state index contributed by atoms with van der Waals surface area (Å²) in [6.45, 7) is 7.23. The summed E-state index contributed by atoms with van der Waals surface area (Å²) in [5.41, 5.74) is 1.67. The van der Waals surface area contributed by atoms with Gasteiger partial charge in [0.25, 0.3) is 5.91 Å². The zero-order chi connectivity index (χ0) is 18.1. The minimum absolute atomic E-state index is 0.0606. The van der Waals surface area contributed by atoms with Crippen LogP contribution in [-0.4, -0.2) is 50.8 Å². The van der Waals surface area contributed by atoms with E-state index in [9.17, 15) is 4.79 Å². The predicted octanol–water partition coefficient (Wildman–Crippen LogP) is 1.71. The molecule has 1 aromatic rings. The van der Waals surface area contributed by atoms with Gasteiger partial charge in [-0.3, -0.25) is 9.79 Å². The predicted molar refractivity (Wildman–Crippen MR) is 101 cm³/mol. The quantitative estimate of drug-likeness (QED) is 0.519. The van der Waals surface area contributed by atoms with Crippen LogP contribution in [0.25, 0.3) is 0 Å². The van der Waals surface area contributed by atoms with Gasteiger partial charge in [0.1, 0.15) is 0 Å². The molecule has 6 nitrogen and oxygen atoms in total. The van der Waals surface area contributed by atoms with Gasteiger partial charge in [0, 0.05) is 32.3 Å². The Morgan fingerprint density at radius 2 is 2.20 bits per heavy atom. The molecule has 1 fully saturated rings. The van der Waals surface area contributed by atoms with Crippen LogP contribution >= 0.6 is 0 Å². The van der Waals surface area contributed by atoms with Crippen LogP contribution in [0.4, 0.5) is 0 Å². The highest BCUT2D eigenvalue weighted by atomic mass is 16.5. The normalized spacial score (nSPS) is 20.4. The van der Waals surface area contributed by atoms with Crippen LogP contribution in [0.15, 0.2) is 29.3 Å². The molecule has 6 heteroatoms. The van der Waals surface area contributed by atoms with Crippen molar-refractivity contribution >= 4 is 11.9 Å². The highest BCUT2D eigenvalue weighted by Gasteiger charge is 2.29. The first-order chi connectivity index (χ1) is 12.1. The number of amides is 1. The van der Waals surface area contributed by atoms with Crippen LogP contribution in [0.3, 0.4) is 0 Å². The average molecular weight is 346 g/mol. The zero-order valence-electron chi connectivity index (χ0n) is 15.5. The standard InChI is InChI=1S/C19H30N4O2/c1-4-21-18(23-14-19(2)10-6-12-25-19)22-11-9-15-7-5-8-16(13-15)17(24)20-3/h5,7-8,13H,4,6,9-12,14H2,1-3H3,(H,20,24)(H2,21,22,23). The summed E-state index contributed by atoms with van der Waals surface area (Å²) in [6.07, 6.45) is 2.99. The number of hydrogen-bond donors (Lipinski definition) is 3. The maximum atomic E-state index is 11.7. The molecule has 1 unspecified atom stereocenters. The smallest absolute Gasteiger partial charge is 0.251 e. The van der Waals surface area contributed by atoms with Gasteiger partial charge in [0.2, 0.25) is 0 Å². The van der Waals surface area contributed by atoms with Crippen LogP contribution in [0, 0.1) is 0 Å². The number of hydrogen-bond acceptors (Lipinski definition) is 3. The molecular weight excluding hydrogens is 316 g/mol. The molecule has 138 valence electrons. The minimum Gasteiger partial charge on any atom is -0.373 e. The molecule has 1 heterocycles. The Bertz CT molecular complexity index is 595. The van der Waals surface area contributed by atoms with E-state index < -0.39 is 0 Å². The van der Waals surface area contributed by atoms with Crippen molar-refractivity contribution in [2.75, 3.05) is 33.3 Å². The number of nitrogens with zero attached hydrogens (tertiary/aromatic N) is 1. The second-order valence-electron chi connectivity index (χ2n) is 6.55. The van der Waals surface area contributed by atoms with Crippen molar-refractivity contribution in [2.45, 2.75) is 38.7 Å². The lowest BCUT2D eigenvalue weighted by molar-refractivity contribution is 0.0283. The minimum atomic E-state index is -0.135. The molecule has 2 rings (SSSR count). The molecule has 0 saturated carbocycles. The number of guanidine groups is 1. The maximum Gasteiger partial charge on any atom is 0.251 e. The van der Waals surface area contributed by atoms with E-state index in [2.05, 4.69) is 34.8 Å². The van der Waals surface area contributed by atoms with Crippen molar-refractivity contribution in [3.8, 4) is 0 Å². The highest BCUT2D eigenvalue weighted by Crippen LogP contribution is 2.24. The fraction of sp³-hybridized carbons (Fsp3) is 0.579. The lowest BCUT2D eigenvalue weighted by Gasteiger charge is -2.21. The van der Waals surface area contributed by atoms with Gasteiger partial charge in [-0.25, -0.2) is 0 Å². The van der Waals surface area contributed by atoms with Crippen LogP contribution < -0.4 is 16.0 Å². The lowest BCUT2D eigenvalue weighted by atomic mass is 10.0. The summed E-state index contributed by atoms with van der Waals surface area (Å²) in [4.78, 5) is 16.4. The van der Waals surface area contributed by atoms with E-state index >= 15 is 0 Å². The van der Waals surface area contributed by atoms with E-state index in [0.29, 0.717) is 12.1 Å². The molecule has 1 aromatic carbocycles. The molecule has 25 heavy (non-hydrogen) atoms. The molecule has 0 aromatic heterocycles. The van der Waals surface area contributed by atoms with Gasteiger partial charge in [-0.15, -0.1) is 0 Å². The highest BCUT2D eigenvalue weighted by molar-refractivity contribution is 5.94. The van der Waals surface area contributed by atoms with Gasteiger partial charge in [0.15, 0.2) is 5.96 Å². The van der Waals surface area contributed by atoms with Crippen molar-refractivity contribution in [3.05, 3.63) is 35.4 Å². The monoisotopic (exact) mass is 346 g/mol. The Labute approximate surface area is 150 Å². The molecule has 1 aliphatic rings. The van der Waals surface area contributed by atoms with Gasteiger partial charge < -0.3 is 20.7 Å². The molecule has 0 radical (unpaired) electrons. The molecular formula is C19H30N4O2. The Kier molecular flexibility index (Phi) is 7.25. The lowest BCUT2D eigenvalue weighted by Crippen LogP contribution is -2.40. The van der Waals surface area contributed by atoms with Crippen LogP contribution in [0.5, 0.6) is 0 Å². The van der Waals surface area contributed by atoms with Crippen molar-refractivity contribution in [1.29, 1.82) is 0 Å². The first kappa shape index (κ1) is 19.2. The second kappa shape index (κ2) is 9.42. The average Bonchev–Trinajstić information content (AvgIpc) is 3.06. The van der Waals surface area contributed by atoms with Gasteiger partial charge in [-0.2, -0.15) is 0 Å². The number of carbonyl (C=O) groups excluding carboxylic acids is 1. The topological polar surface area (TPSA) is 74.8 Å². The summed E-state index contributed by atoms with van der Waals surface area (Å²) >= 11 is 0. The third-order valence-corrected chi connectivity index (χ3v) is 4.34. The number of nitrogens with one attached hydrogen (secondary N) is 3. The van der Waals surface area contributed by atoms with E-state index in [1.54, 1.807) is 7.05 Å². The van der Waals surface area contributed by atoms with Crippen LogP contribution in [0.1, 0.15) is 42.6 Å². The van der Waals surface area contributed by atoms with Crippen molar-refractivity contribution < 1.29 is 9.53 Å². The fourth-order valence-corrected chi connectivity index (χ4v) is 2.89. The van der Waals surface area contributed by atoms with Gasteiger partial charge in [0.05, 0.1) is 12.1 Å². The van der Waals surface area contributed by atoms with E-state index in [0.717, 1.165) is 50.5 Å². The van der Waals surface area contributed by atoms with Crippen molar-refractivity contribution in [3.63, 3.8) is 0 Å². The number of rotatable bonds is 7. The second-order valence-corrected chi connectivity index (χ2v) is 6.55. The third kappa shape index (κ3) is 6.05. The van der Waals surface area contributed by atoms with Gasteiger partial charge in [-0.1, -0.05) is 12.1 Å². The number of aliphatic imine (C=N–C) groups is 1. The Morgan fingerprint density at radius 3 is 2.88 bits per heavy atom. The number of carbonyl (C=O) groups is 1. The van der Waals surface area contributed by atoms with E-state index in [-0.39, 0.29) is 11.5 Å². The molecule has 0 bridgehead atoms. The summed E-state index contributed by atoms with van der Waals surface area (Å²) in [5, 5.41) is 9.27. The first-order valence-corrected chi connectivity index (χ1v) is 9.03. The number of benzene rings is 1. The molecule has 1 saturated heterocycles. The third-order valence-electron chi connectivity index (χ3n) is 4.34. The van der Waals surface area contributed by atoms with Gasteiger partial charge in [-0.05, 0) is 50.8 Å². The van der Waals surface area contributed by atoms with Crippen LogP contribution in [0.2, 0.25) is 0 Å². The summed E-state index contributed by atoms with van der Waals surface area (Å²) in [7, 11) is 1.64. The molecule has 0 aliphatic carbocycles. The largest absolute Gasteiger partial charge is 0.373 e. The maximum absolute atomic E-state index is 11.7. The first-order valence-electron chi connectivity index (χ1n) is 9.03. The van der Waals surface area contributed by atoms with Crippen molar-refractivity contribution in [2.24, 2.45) is 4.99 Å². The van der Waals surface area contributed by atoms with Crippen LogP contribution in [-0.2, 0) is 11.2 Å². The Balaban J connectivity index is 1.87. The molecule has 1 aliphatic heterocycles. The molecule has 3 N–H and O–H groups in total. The zero-order valence-corrected chi connectivity index (χ0v) is 15.5. The molecule has 0 spiro atoms. The Hall–Kier alpha value is -2.08. The van der Waals surface area contributed by atoms with Crippen molar-refractivity contribution in [1.82, 2.24) is 16.0 Å². The molecule has 1 atom stereocenters. The SMILES string of the molecule is CCNC(=NCC1(C)CCCO1)NCCc1cccc(C(=O)NC)c1. The van der Waals surface area contributed by atoms with E-state index in [1.807, 2.05) is 24.3 Å². The Morgan fingerprint density at radius 1 is 1.36 bits per heavy atom. The summed E-state index contributed by atoms with van der Waals surface area (Å²) < 4.78 is 5.79.